The molecule has 1 fully saturated rings. The molecule has 0 aromatic carbocycles. The molecular formula is C10H17ClO2. The van der Waals surface area contributed by atoms with E-state index in [1.165, 1.54) is 0 Å². The Morgan fingerprint density at radius 3 is 2.69 bits per heavy atom. The van der Waals surface area contributed by atoms with Gasteiger partial charge in [0, 0.05) is 0 Å². The van der Waals surface area contributed by atoms with Crippen molar-refractivity contribution >= 4 is 17.6 Å². The Bertz CT molecular complexity index is 203. The molecule has 13 heavy (non-hydrogen) atoms. The van der Waals surface area contributed by atoms with Crippen molar-refractivity contribution in [3.63, 3.8) is 0 Å². The number of alkyl halides is 1. The molecule has 1 rings (SSSR count). The van der Waals surface area contributed by atoms with Crippen LogP contribution in [-0.4, -0.2) is 16.0 Å². The van der Waals surface area contributed by atoms with Crippen LogP contribution in [0.2, 0.25) is 0 Å². The molecule has 1 aliphatic carbocycles. The average molecular weight is 205 g/mol. The first kappa shape index (κ1) is 10.8. The minimum Gasteiger partial charge on any atom is -0.480 e. The lowest BCUT2D eigenvalue weighted by Gasteiger charge is -2.34. The highest BCUT2D eigenvalue weighted by Gasteiger charge is 2.41. The zero-order valence-electron chi connectivity index (χ0n) is 8.22. The Morgan fingerprint density at radius 2 is 2.23 bits per heavy atom. The molecule has 0 radical (unpaired) electrons. The van der Waals surface area contributed by atoms with E-state index in [1.54, 1.807) is 0 Å². The molecule has 0 saturated heterocycles. The maximum absolute atomic E-state index is 10.9. The van der Waals surface area contributed by atoms with Crippen molar-refractivity contribution in [2.75, 3.05) is 0 Å². The molecule has 0 bridgehead atoms. The van der Waals surface area contributed by atoms with E-state index in [0.29, 0.717) is 24.7 Å². The quantitative estimate of drug-likeness (QED) is 0.703. The van der Waals surface area contributed by atoms with E-state index in [-0.39, 0.29) is 0 Å². The Hall–Kier alpha value is -0.240. The molecule has 3 heteroatoms. The average Bonchev–Trinajstić information content (AvgIpc) is 2.04. The number of hydrogen-bond donors (Lipinski definition) is 1. The largest absolute Gasteiger partial charge is 0.480 e. The third kappa shape index (κ3) is 2.37. The predicted molar refractivity (Wildman–Crippen MR) is 53.0 cm³/mol. The summed E-state index contributed by atoms with van der Waals surface area (Å²) in [4.78, 5) is 9.93. The van der Waals surface area contributed by atoms with Gasteiger partial charge in [0.25, 0.3) is 0 Å². The highest BCUT2D eigenvalue weighted by molar-refractivity contribution is 6.33. The van der Waals surface area contributed by atoms with Crippen LogP contribution in [0, 0.1) is 11.8 Å². The molecule has 1 aliphatic rings. The van der Waals surface area contributed by atoms with Crippen LogP contribution >= 0.6 is 11.6 Å². The van der Waals surface area contributed by atoms with Crippen LogP contribution < -0.4 is 0 Å². The molecule has 0 amide bonds. The second kappa shape index (κ2) is 3.87. The molecule has 1 saturated carbocycles. The van der Waals surface area contributed by atoms with Gasteiger partial charge in [-0.2, -0.15) is 0 Å². The molecule has 76 valence electrons. The highest BCUT2D eigenvalue weighted by atomic mass is 35.5. The van der Waals surface area contributed by atoms with Gasteiger partial charge in [-0.3, -0.25) is 4.79 Å². The van der Waals surface area contributed by atoms with Crippen LogP contribution in [0.3, 0.4) is 0 Å². The predicted octanol–water partition coefficient (Wildman–Crippen LogP) is 2.89. The summed E-state index contributed by atoms with van der Waals surface area (Å²) in [7, 11) is 0. The summed E-state index contributed by atoms with van der Waals surface area (Å²) in [5, 5.41) is 8.97. The zero-order chi connectivity index (χ0) is 10.1. The molecular weight excluding hydrogens is 188 g/mol. The summed E-state index contributed by atoms with van der Waals surface area (Å²) in [6, 6.07) is 0. The monoisotopic (exact) mass is 204 g/mol. The lowest BCUT2D eigenvalue weighted by Crippen LogP contribution is -2.39. The van der Waals surface area contributed by atoms with Gasteiger partial charge < -0.3 is 5.11 Å². The first-order valence-corrected chi connectivity index (χ1v) is 5.26. The van der Waals surface area contributed by atoms with Gasteiger partial charge in [-0.1, -0.05) is 26.7 Å². The van der Waals surface area contributed by atoms with Crippen LogP contribution in [0.15, 0.2) is 0 Å². The molecule has 0 spiro atoms. The van der Waals surface area contributed by atoms with E-state index in [9.17, 15) is 4.79 Å². The molecule has 2 nitrogen and oxygen atoms in total. The Kier molecular flexibility index (Phi) is 3.23. The zero-order valence-corrected chi connectivity index (χ0v) is 8.97. The van der Waals surface area contributed by atoms with E-state index >= 15 is 0 Å². The topological polar surface area (TPSA) is 37.3 Å². The van der Waals surface area contributed by atoms with Gasteiger partial charge in [0.1, 0.15) is 4.87 Å². The molecule has 2 atom stereocenters. The third-order valence-electron chi connectivity index (χ3n) is 3.06. The van der Waals surface area contributed by atoms with Gasteiger partial charge >= 0.3 is 5.97 Å². The summed E-state index contributed by atoms with van der Waals surface area (Å²) in [5.74, 6) is 0.166. The van der Waals surface area contributed by atoms with Crippen molar-refractivity contribution in [3.05, 3.63) is 0 Å². The Labute approximate surface area is 84.3 Å². The van der Waals surface area contributed by atoms with Gasteiger partial charge in [0.05, 0.1) is 0 Å². The minimum atomic E-state index is -0.979. The van der Waals surface area contributed by atoms with Crippen LogP contribution in [0.25, 0.3) is 0 Å². The van der Waals surface area contributed by atoms with Gasteiger partial charge in [0.2, 0.25) is 0 Å². The standard InChI is InChI=1S/C10H17ClO2/c1-7(2)8-4-3-5-10(11,6-8)9(12)13/h7-8H,3-6H2,1-2H3,(H,12,13). The number of aliphatic carboxylic acids is 1. The van der Waals surface area contributed by atoms with E-state index in [2.05, 4.69) is 13.8 Å². The van der Waals surface area contributed by atoms with Crippen LogP contribution in [0.5, 0.6) is 0 Å². The maximum atomic E-state index is 10.9. The summed E-state index contributed by atoms with van der Waals surface area (Å²) >= 11 is 6.05. The number of carboxylic acids is 1. The second-order valence-corrected chi connectivity index (χ2v) is 5.09. The lowest BCUT2D eigenvalue weighted by molar-refractivity contribution is -0.141. The summed E-state index contributed by atoms with van der Waals surface area (Å²) in [5.41, 5.74) is 0. The van der Waals surface area contributed by atoms with E-state index < -0.39 is 10.8 Å². The van der Waals surface area contributed by atoms with Gasteiger partial charge in [-0.25, -0.2) is 0 Å². The van der Waals surface area contributed by atoms with Gasteiger partial charge in [-0.15, -0.1) is 11.6 Å². The fourth-order valence-electron chi connectivity index (χ4n) is 2.03. The van der Waals surface area contributed by atoms with Crippen LogP contribution in [-0.2, 0) is 4.79 Å². The number of carboxylic acid groups (broad SMARTS) is 1. The fourth-order valence-corrected chi connectivity index (χ4v) is 2.36. The molecule has 0 aromatic heterocycles. The number of rotatable bonds is 2. The van der Waals surface area contributed by atoms with Crippen molar-refractivity contribution in [1.29, 1.82) is 0 Å². The van der Waals surface area contributed by atoms with Crippen molar-refractivity contribution in [2.24, 2.45) is 11.8 Å². The van der Waals surface area contributed by atoms with Gasteiger partial charge in [0.15, 0.2) is 0 Å². The van der Waals surface area contributed by atoms with Crippen LogP contribution in [0.1, 0.15) is 39.5 Å². The lowest BCUT2D eigenvalue weighted by atomic mass is 9.76. The van der Waals surface area contributed by atoms with Crippen molar-refractivity contribution in [3.8, 4) is 0 Å². The Balaban J connectivity index is 2.65. The first-order chi connectivity index (χ1) is 5.96. The SMILES string of the molecule is CC(C)C1CCCC(Cl)(C(=O)O)C1. The molecule has 1 N–H and O–H groups in total. The van der Waals surface area contributed by atoms with E-state index in [1.807, 2.05) is 0 Å². The van der Waals surface area contributed by atoms with E-state index in [0.717, 1.165) is 12.8 Å². The van der Waals surface area contributed by atoms with E-state index in [4.69, 9.17) is 16.7 Å². The summed E-state index contributed by atoms with van der Waals surface area (Å²) in [6.45, 7) is 4.27. The normalized spacial score (nSPS) is 34.9. The highest BCUT2D eigenvalue weighted by Crippen LogP contribution is 2.40. The molecule has 2 unspecified atom stereocenters. The molecule has 0 aromatic rings. The van der Waals surface area contributed by atoms with Crippen molar-refractivity contribution < 1.29 is 9.90 Å². The number of halogens is 1. The Morgan fingerprint density at radius 1 is 1.62 bits per heavy atom. The van der Waals surface area contributed by atoms with Crippen LogP contribution in [0.4, 0.5) is 0 Å². The van der Waals surface area contributed by atoms with Crippen molar-refractivity contribution in [1.82, 2.24) is 0 Å². The third-order valence-corrected chi connectivity index (χ3v) is 3.56. The summed E-state index contributed by atoms with van der Waals surface area (Å²) in [6.07, 6.45) is 3.31. The number of carbonyl (C=O) groups is 1. The van der Waals surface area contributed by atoms with Gasteiger partial charge in [-0.05, 0) is 24.7 Å². The molecule has 0 aliphatic heterocycles. The second-order valence-electron chi connectivity index (χ2n) is 4.37. The fraction of sp³-hybridized carbons (Fsp3) is 0.900. The smallest absolute Gasteiger partial charge is 0.324 e. The minimum absolute atomic E-state index is 0.474. The molecule has 0 heterocycles. The maximum Gasteiger partial charge on any atom is 0.324 e. The summed E-state index contributed by atoms with van der Waals surface area (Å²) < 4.78 is 0. The first-order valence-electron chi connectivity index (χ1n) is 4.88. The number of hydrogen-bond acceptors (Lipinski definition) is 1. The van der Waals surface area contributed by atoms with Crippen molar-refractivity contribution in [2.45, 2.75) is 44.4 Å².